The summed E-state index contributed by atoms with van der Waals surface area (Å²) in [5, 5.41) is 0. The van der Waals surface area contributed by atoms with Crippen LogP contribution in [0.3, 0.4) is 0 Å². The lowest BCUT2D eigenvalue weighted by Gasteiger charge is -2.23. The molecule has 0 fully saturated rings. The van der Waals surface area contributed by atoms with E-state index in [0.717, 1.165) is 12.8 Å². The van der Waals surface area contributed by atoms with E-state index in [-0.39, 0.29) is 12.1 Å². The standard InChI is InChI=1S/C13H21N3O/c1-9(2)17-8-12(16-14)11-6-5-10-4-3-7-15-13(10)11/h3-4,7,9,11-12,16H,5-6,8,14H2,1-2H3. The molecule has 17 heavy (non-hydrogen) atoms. The number of nitrogens with zero attached hydrogens (tertiary/aromatic N) is 1. The molecule has 0 amide bonds. The van der Waals surface area contributed by atoms with Gasteiger partial charge in [0.05, 0.1) is 18.8 Å². The molecule has 1 aliphatic rings. The Kier molecular flexibility index (Phi) is 4.10. The molecule has 2 atom stereocenters. The van der Waals surface area contributed by atoms with E-state index in [2.05, 4.69) is 16.5 Å². The fourth-order valence-corrected chi connectivity index (χ4v) is 2.41. The number of hydrazine groups is 1. The summed E-state index contributed by atoms with van der Waals surface area (Å²) < 4.78 is 5.65. The molecule has 0 spiro atoms. The predicted octanol–water partition coefficient (Wildman–Crippen LogP) is 1.37. The number of nitrogens with two attached hydrogens (primary N) is 1. The number of ether oxygens (including phenoxy) is 1. The first-order valence-corrected chi connectivity index (χ1v) is 6.24. The second kappa shape index (κ2) is 5.58. The van der Waals surface area contributed by atoms with Crippen molar-refractivity contribution < 1.29 is 4.74 Å². The molecule has 0 saturated heterocycles. The number of hydrogen-bond donors (Lipinski definition) is 2. The van der Waals surface area contributed by atoms with Gasteiger partial charge in [-0.2, -0.15) is 0 Å². The first kappa shape index (κ1) is 12.5. The van der Waals surface area contributed by atoms with Gasteiger partial charge in [0.15, 0.2) is 0 Å². The third kappa shape index (κ3) is 2.83. The van der Waals surface area contributed by atoms with Crippen LogP contribution in [0.15, 0.2) is 18.3 Å². The van der Waals surface area contributed by atoms with Crippen LogP contribution in [0.25, 0.3) is 0 Å². The van der Waals surface area contributed by atoms with Gasteiger partial charge in [-0.05, 0) is 38.3 Å². The van der Waals surface area contributed by atoms with Gasteiger partial charge in [0.25, 0.3) is 0 Å². The summed E-state index contributed by atoms with van der Waals surface area (Å²) in [4.78, 5) is 4.49. The smallest absolute Gasteiger partial charge is 0.0643 e. The van der Waals surface area contributed by atoms with Crippen LogP contribution in [-0.2, 0) is 11.2 Å². The maximum Gasteiger partial charge on any atom is 0.0643 e. The lowest BCUT2D eigenvalue weighted by molar-refractivity contribution is 0.0553. The van der Waals surface area contributed by atoms with Crippen LogP contribution in [0.1, 0.15) is 37.4 Å². The molecule has 3 N–H and O–H groups in total. The third-order valence-corrected chi connectivity index (χ3v) is 3.31. The molecule has 1 aliphatic carbocycles. The largest absolute Gasteiger partial charge is 0.377 e. The van der Waals surface area contributed by atoms with Crippen LogP contribution in [0, 0.1) is 0 Å². The zero-order valence-electron chi connectivity index (χ0n) is 10.5. The fourth-order valence-electron chi connectivity index (χ4n) is 2.41. The van der Waals surface area contributed by atoms with Gasteiger partial charge < -0.3 is 4.74 Å². The van der Waals surface area contributed by atoms with Gasteiger partial charge in [0.1, 0.15) is 0 Å². The highest BCUT2D eigenvalue weighted by Gasteiger charge is 2.30. The monoisotopic (exact) mass is 235 g/mol. The van der Waals surface area contributed by atoms with E-state index in [0.29, 0.717) is 12.5 Å². The summed E-state index contributed by atoms with van der Waals surface area (Å²) in [5.74, 6) is 6.01. The molecule has 1 heterocycles. The van der Waals surface area contributed by atoms with Gasteiger partial charge in [-0.1, -0.05) is 6.07 Å². The van der Waals surface area contributed by atoms with Gasteiger partial charge in [0, 0.05) is 17.8 Å². The van der Waals surface area contributed by atoms with Gasteiger partial charge in [-0.15, -0.1) is 0 Å². The minimum Gasteiger partial charge on any atom is -0.377 e. The highest BCUT2D eigenvalue weighted by molar-refractivity contribution is 5.29. The van der Waals surface area contributed by atoms with Crippen molar-refractivity contribution in [1.29, 1.82) is 0 Å². The van der Waals surface area contributed by atoms with Crippen molar-refractivity contribution in [1.82, 2.24) is 10.4 Å². The predicted molar refractivity (Wildman–Crippen MR) is 67.5 cm³/mol. The Labute approximate surface area is 103 Å². The molecule has 2 rings (SSSR count). The van der Waals surface area contributed by atoms with Crippen LogP contribution < -0.4 is 11.3 Å². The number of rotatable bonds is 5. The van der Waals surface area contributed by atoms with E-state index in [9.17, 15) is 0 Å². The van der Waals surface area contributed by atoms with Crippen LogP contribution >= 0.6 is 0 Å². The molecule has 0 bridgehead atoms. The Hall–Kier alpha value is -0.970. The molecule has 0 saturated carbocycles. The fraction of sp³-hybridized carbons (Fsp3) is 0.615. The Morgan fingerprint density at radius 1 is 1.59 bits per heavy atom. The van der Waals surface area contributed by atoms with Crippen molar-refractivity contribution in [2.75, 3.05) is 6.61 Å². The van der Waals surface area contributed by atoms with Gasteiger partial charge in [0.2, 0.25) is 0 Å². The number of fused-ring (bicyclic) bond motifs is 1. The Balaban J connectivity index is 2.06. The third-order valence-electron chi connectivity index (χ3n) is 3.31. The van der Waals surface area contributed by atoms with Crippen molar-refractivity contribution >= 4 is 0 Å². The van der Waals surface area contributed by atoms with E-state index < -0.39 is 0 Å². The molecular weight excluding hydrogens is 214 g/mol. The van der Waals surface area contributed by atoms with Crippen molar-refractivity contribution in [3.05, 3.63) is 29.6 Å². The lowest BCUT2D eigenvalue weighted by Crippen LogP contribution is -2.43. The minimum absolute atomic E-state index is 0.147. The number of aromatic nitrogens is 1. The van der Waals surface area contributed by atoms with Crippen LogP contribution in [0.5, 0.6) is 0 Å². The summed E-state index contributed by atoms with van der Waals surface area (Å²) in [7, 11) is 0. The molecule has 1 aromatic heterocycles. The maximum atomic E-state index is 5.65. The van der Waals surface area contributed by atoms with Gasteiger partial charge in [-0.3, -0.25) is 16.3 Å². The molecule has 4 heteroatoms. The Morgan fingerprint density at radius 2 is 2.41 bits per heavy atom. The topological polar surface area (TPSA) is 60.2 Å². The van der Waals surface area contributed by atoms with Crippen molar-refractivity contribution in [2.45, 2.75) is 44.8 Å². The lowest BCUT2D eigenvalue weighted by atomic mass is 9.98. The number of hydrogen-bond acceptors (Lipinski definition) is 4. The zero-order valence-corrected chi connectivity index (χ0v) is 10.5. The van der Waals surface area contributed by atoms with Crippen molar-refractivity contribution in [3.8, 4) is 0 Å². The maximum absolute atomic E-state index is 5.65. The van der Waals surface area contributed by atoms with Gasteiger partial charge in [-0.25, -0.2) is 0 Å². The van der Waals surface area contributed by atoms with Crippen molar-refractivity contribution in [3.63, 3.8) is 0 Å². The normalized spacial score (nSPS) is 20.6. The number of pyridine rings is 1. The summed E-state index contributed by atoms with van der Waals surface area (Å²) in [6, 6.07) is 4.30. The summed E-state index contributed by atoms with van der Waals surface area (Å²) in [5.41, 5.74) is 5.41. The quantitative estimate of drug-likeness (QED) is 0.598. The minimum atomic E-state index is 0.147. The highest BCUT2D eigenvalue weighted by atomic mass is 16.5. The number of nitrogens with one attached hydrogen (secondary N) is 1. The van der Waals surface area contributed by atoms with Crippen LogP contribution in [0.4, 0.5) is 0 Å². The average Bonchev–Trinajstić information content (AvgIpc) is 2.74. The summed E-state index contributed by atoms with van der Waals surface area (Å²) in [6.45, 7) is 4.71. The molecule has 0 aromatic carbocycles. The SMILES string of the molecule is CC(C)OCC(NN)C1CCc2cccnc21. The average molecular weight is 235 g/mol. The van der Waals surface area contributed by atoms with E-state index in [1.54, 1.807) is 0 Å². The van der Waals surface area contributed by atoms with Crippen LogP contribution in [0.2, 0.25) is 0 Å². The second-order valence-corrected chi connectivity index (χ2v) is 4.85. The Bertz CT molecular complexity index is 367. The molecule has 4 nitrogen and oxygen atoms in total. The van der Waals surface area contributed by atoms with Gasteiger partial charge >= 0.3 is 0 Å². The van der Waals surface area contributed by atoms with E-state index in [4.69, 9.17) is 10.6 Å². The highest BCUT2D eigenvalue weighted by Crippen LogP contribution is 2.33. The number of aryl methyl sites for hydroxylation is 1. The molecule has 0 aliphatic heterocycles. The molecular formula is C13H21N3O. The summed E-state index contributed by atoms with van der Waals surface area (Å²) >= 11 is 0. The molecule has 2 unspecified atom stereocenters. The van der Waals surface area contributed by atoms with E-state index in [1.165, 1.54) is 11.3 Å². The van der Waals surface area contributed by atoms with E-state index in [1.807, 2.05) is 26.1 Å². The first-order valence-electron chi connectivity index (χ1n) is 6.24. The van der Waals surface area contributed by atoms with Crippen molar-refractivity contribution in [2.24, 2.45) is 5.84 Å². The second-order valence-electron chi connectivity index (χ2n) is 4.85. The Morgan fingerprint density at radius 3 is 3.12 bits per heavy atom. The van der Waals surface area contributed by atoms with E-state index >= 15 is 0 Å². The summed E-state index contributed by atoms with van der Waals surface area (Å²) in [6.07, 6.45) is 4.28. The molecule has 94 valence electrons. The first-order chi connectivity index (χ1) is 8.22. The zero-order chi connectivity index (χ0) is 12.3. The molecule has 1 aromatic rings. The molecule has 0 radical (unpaired) electrons. The van der Waals surface area contributed by atoms with Crippen LogP contribution in [-0.4, -0.2) is 23.7 Å².